The molecular formula is C28H25FN4O3S. The number of benzene rings is 3. The first-order chi connectivity index (χ1) is 17.9. The number of hydrogen-bond acceptors (Lipinski definition) is 6. The number of halogens is 1. The van der Waals surface area contributed by atoms with Crippen LogP contribution in [0.3, 0.4) is 0 Å². The lowest BCUT2D eigenvalue weighted by atomic mass is 9.98. The van der Waals surface area contributed by atoms with Crippen molar-refractivity contribution < 1.29 is 18.7 Å². The van der Waals surface area contributed by atoms with Gasteiger partial charge in [-0.1, -0.05) is 65.9 Å². The summed E-state index contributed by atoms with van der Waals surface area (Å²) in [6.45, 7) is 2.03. The van der Waals surface area contributed by atoms with Crippen molar-refractivity contribution in [3.8, 4) is 5.75 Å². The second-order valence-electron chi connectivity index (χ2n) is 8.82. The third-order valence-electron chi connectivity index (χ3n) is 6.24. The van der Waals surface area contributed by atoms with E-state index >= 15 is 0 Å². The third-order valence-corrected chi connectivity index (χ3v) is 7.38. The number of hydrazone groups is 1. The zero-order chi connectivity index (χ0) is 25.9. The van der Waals surface area contributed by atoms with Crippen LogP contribution in [0.15, 0.2) is 82.9 Å². The fourth-order valence-corrected chi connectivity index (χ4v) is 5.29. The summed E-state index contributed by atoms with van der Waals surface area (Å²) < 4.78 is 19.2. The molecule has 2 aliphatic heterocycles. The van der Waals surface area contributed by atoms with Crippen molar-refractivity contribution in [2.45, 2.75) is 31.1 Å². The van der Waals surface area contributed by atoms with Crippen molar-refractivity contribution in [2.75, 3.05) is 12.4 Å². The summed E-state index contributed by atoms with van der Waals surface area (Å²) in [6, 6.07) is 21.6. The van der Waals surface area contributed by atoms with Crippen LogP contribution < -0.4 is 10.1 Å². The Morgan fingerprint density at radius 3 is 2.54 bits per heavy atom. The molecule has 3 aromatic carbocycles. The quantitative estimate of drug-likeness (QED) is 0.480. The number of carbonyl (C=O) groups is 2. The maximum Gasteiger partial charge on any atom is 0.262 e. The van der Waals surface area contributed by atoms with Gasteiger partial charge in [-0.25, -0.2) is 9.40 Å². The number of carbonyl (C=O) groups excluding carboxylic acids is 2. The highest BCUT2D eigenvalue weighted by atomic mass is 32.2. The minimum atomic E-state index is -0.711. The van der Waals surface area contributed by atoms with E-state index in [1.165, 1.54) is 23.9 Å². The SMILES string of the molecule is COc1ccc([C@@H]2CC(c3ccc(C)cc3)=NN2C2=NC(=O)[C@@H](CC(=O)Nc3ccccc3F)S2)cc1. The number of methoxy groups -OCH3 is 1. The summed E-state index contributed by atoms with van der Waals surface area (Å²) in [5.74, 6) is -0.646. The smallest absolute Gasteiger partial charge is 0.262 e. The van der Waals surface area contributed by atoms with Crippen LogP contribution in [0, 0.1) is 12.7 Å². The Morgan fingerprint density at radius 2 is 1.84 bits per heavy atom. The second kappa shape index (κ2) is 10.6. The minimum absolute atomic E-state index is 0.0792. The van der Waals surface area contributed by atoms with Gasteiger partial charge in [0, 0.05) is 12.8 Å². The number of nitrogens with one attached hydrogen (secondary N) is 1. The fraction of sp³-hybridized carbons (Fsp3) is 0.214. The number of para-hydroxylation sites is 1. The molecule has 3 aromatic rings. The molecule has 5 rings (SSSR count). The molecule has 0 saturated carbocycles. The van der Waals surface area contributed by atoms with Gasteiger partial charge in [-0.2, -0.15) is 10.1 Å². The summed E-state index contributed by atoms with van der Waals surface area (Å²) in [7, 11) is 1.62. The number of amides is 2. The molecular weight excluding hydrogens is 491 g/mol. The standard InChI is InChI=1S/C28H25FN4O3S/c1-17-7-9-18(10-8-17)23-15-24(19-11-13-20(36-2)14-12-19)33(32-23)28-31-27(35)25(37-28)16-26(34)30-22-6-4-3-5-21(22)29/h3-14,24-25H,15-16H2,1-2H3,(H,30,34)/t24-,25+/m0/s1. The number of hydrogen-bond donors (Lipinski definition) is 1. The van der Waals surface area contributed by atoms with E-state index < -0.39 is 22.9 Å². The van der Waals surface area contributed by atoms with E-state index in [-0.39, 0.29) is 18.2 Å². The molecule has 2 heterocycles. The predicted octanol–water partition coefficient (Wildman–Crippen LogP) is 5.32. The van der Waals surface area contributed by atoms with Crippen LogP contribution in [-0.2, 0) is 9.59 Å². The Balaban J connectivity index is 1.36. The molecule has 0 aromatic heterocycles. The molecule has 188 valence electrons. The number of aliphatic imine (C=N–C) groups is 1. The lowest BCUT2D eigenvalue weighted by Crippen LogP contribution is -2.25. The predicted molar refractivity (Wildman–Crippen MR) is 143 cm³/mol. The van der Waals surface area contributed by atoms with Gasteiger partial charge >= 0.3 is 0 Å². The molecule has 1 N–H and O–H groups in total. The van der Waals surface area contributed by atoms with Gasteiger partial charge in [0.25, 0.3) is 5.91 Å². The fourth-order valence-electron chi connectivity index (χ4n) is 4.23. The highest BCUT2D eigenvalue weighted by molar-refractivity contribution is 8.15. The average Bonchev–Trinajstić information content (AvgIpc) is 3.50. The van der Waals surface area contributed by atoms with Gasteiger partial charge < -0.3 is 10.1 Å². The van der Waals surface area contributed by atoms with Crippen molar-refractivity contribution in [3.05, 3.63) is 95.3 Å². The highest BCUT2D eigenvalue weighted by Crippen LogP contribution is 2.39. The van der Waals surface area contributed by atoms with Crippen molar-refractivity contribution in [2.24, 2.45) is 10.1 Å². The average molecular weight is 517 g/mol. The topological polar surface area (TPSA) is 83.4 Å². The minimum Gasteiger partial charge on any atom is -0.497 e. The summed E-state index contributed by atoms with van der Waals surface area (Å²) in [5.41, 5.74) is 4.13. The number of nitrogens with zero attached hydrogens (tertiary/aromatic N) is 3. The number of anilines is 1. The van der Waals surface area contributed by atoms with E-state index in [0.29, 0.717) is 11.6 Å². The highest BCUT2D eigenvalue weighted by Gasteiger charge is 2.39. The Morgan fingerprint density at radius 1 is 1.11 bits per heavy atom. The molecule has 7 nitrogen and oxygen atoms in total. The van der Waals surface area contributed by atoms with Crippen molar-refractivity contribution >= 4 is 40.1 Å². The van der Waals surface area contributed by atoms with Crippen LogP contribution in [-0.4, -0.2) is 40.1 Å². The molecule has 0 aliphatic carbocycles. The molecule has 9 heteroatoms. The van der Waals surface area contributed by atoms with Crippen LogP contribution in [0.2, 0.25) is 0 Å². The second-order valence-corrected chi connectivity index (χ2v) is 9.99. The molecule has 0 saturated heterocycles. The van der Waals surface area contributed by atoms with E-state index in [9.17, 15) is 14.0 Å². The maximum atomic E-state index is 13.9. The van der Waals surface area contributed by atoms with Crippen molar-refractivity contribution in [1.82, 2.24) is 5.01 Å². The Labute approximate surface area is 218 Å². The Bertz CT molecular complexity index is 1390. The van der Waals surface area contributed by atoms with Crippen LogP contribution in [0.5, 0.6) is 5.75 Å². The van der Waals surface area contributed by atoms with Gasteiger partial charge in [0.1, 0.15) is 16.8 Å². The third kappa shape index (κ3) is 5.41. The molecule has 0 spiro atoms. The number of amidine groups is 1. The van der Waals surface area contributed by atoms with Gasteiger partial charge in [-0.05, 0) is 42.3 Å². The van der Waals surface area contributed by atoms with E-state index in [2.05, 4.69) is 10.3 Å². The Hall–Kier alpha value is -3.98. The normalized spacial score (nSPS) is 19.0. The van der Waals surface area contributed by atoms with Gasteiger partial charge in [0.05, 0.1) is 24.6 Å². The van der Waals surface area contributed by atoms with E-state index in [1.54, 1.807) is 24.3 Å². The molecule has 37 heavy (non-hydrogen) atoms. The van der Waals surface area contributed by atoms with Gasteiger partial charge in [0.2, 0.25) is 5.91 Å². The molecule has 0 radical (unpaired) electrons. The lowest BCUT2D eigenvalue weighted by Gasteiger charge is -2.23. The molecule has 2 atom stereocenters. The van der Waals surface area contributed by atoms with E-state index in [0.717, 1.165) is 28.2 Å². The molecule has 2 amide bonds. The number of thioether (sulfide) groups is 1. The number of rotatable bonds is 6. The largest absolute Gasteiger partial charge is 0.497 e. The number of ether oxygens (including phenoxy) is 1. The lowest BCUT2D eigenvalue weighted by molar-refractivity contribution is -0.121. The van der Waals surface area contributed by atoms with Gasteiger partial charge in [-0.15, -0.1) is 0 Å². The van der Waals surface area contributed by atoms with Crippen LogP contribution in [0.1, 0.15) is 35.6 Å². The summed E-state index contributed by atoms with van der Waals surface area (Å²) in [5, 5.41) is 8.90. The van der Waals surface area contributed by atoms with Gasteiger partial charge in [-0.3, -0.25) is 9.59 Å². The Kier molecular flexibility index (Phi) is 7.05. The number of aryl methyl sites for hydroxylation is 1. The van der Waals surface area contributed by atoms with Gasteiger partial charge in [0.15, 0.2) is 5.17 Å². The first-order valence-corrected chi connectivity index (χ1v) is 12.7. The van der Waals surface area contributed by atoms with Crippen molar-refractivity contribution in [1.29, 1.82) is 0 Å². The zero-order valence-electron chi connectivity index (χ0n) is 20.3. The summed E-state index contributed by atoms with van der Waals surface area (Å²) in [6.07, 6.45) is 0.502. The summed E-state index contributed by atoms with van der Waals surface area (Å²) in [4.78, 5) is 29.6. The van der Waals surface area contributed by atoms with Crippen LogP contribution in [0.4, 0.5) is 10.1 Å². The van der Waals surface area contributed by atoms with Crippen LogP contribution in [0.25, 0.3) is 0 Å². The first kappa shape index (κ1) is 24.7. The van der Waals surface area contributed by atoms with E-state index in [1.807, 2.05) is 55.5 Å². The molecule has 0 unspecified atom stereocenters. The maximum absolute atomic E-state index is 13.9. The van der Waals surface area contributed by atoms with E-state index in [4.69, 9.17) is 9.84 Å². The monoisotopic (exact) mass is 516 g/mol. The summed E-state index contributed by atoms with van der Waals surface area (Å²) >= 11 is 1.20. The van der Waals surface area contributed by atoms with Crippen LogP contribution >= 0.6 is 11.8 Å². The zero-order valence-corrected chi connectivity index (χ0v) is 21.2. The molecule has 0 bridgehead atoms. The molecule has 0 fully saturated rings. The molecule has 2 aliphatic rings. The van der Waals surface area contributed by atoms with Crippen molar-refractivity contribution in [3.63, 3.8) is 0 Å². The first-order valence-electron chi connectivity index (χ1n) is 11.8.